The van der Waals surface area contributed by atoms with Crippen LogP contribution in [0.5, 0.6) is 0 Å². The molecule has 2 saturated heterocycles. The van der Waals surface area contributed by atoms with Crippen LogP contribution in [0.2, 0.25) is 0 Å². The summed E-state index contributed by atoms with van der Waals surface area (Å²) in [4.78, 5) is 67.2. The van der Waals surface area contributed by atoms with E-state index in [4.69, 9.17) is 4.74 Å². The molecule has 10 nitrogen and oxygen atoms in total. The Morgan fingerprint density at radius 2 is 1.85 bits per heavy atom. The topological polar surface area (TPSA) is 116 Å². The largest absolute Gasteiger partial charge is 0.466 e. The number of fused-ring (bicyclic) bond motifs is 1. The number of ether oxygens (including phenoxy) is 1. The van der Waals surface area contributed by atoms with Gasteiger partial charge in [-0.1, -0.05) is 19.4 Å². The van der Waals surface area contributed by atoms with Crippen molar-refractivity contribution in [1.82, 2.24) is 15.1 Å². The van der Waals surface area contributed by atoms with E-state index in [1.54, 1.807) is 12.1 Å². The third-order valence-electron chi connectivity index (χ3n) is 6.55. The number of esters is 1. The molecule has 1 atom stereocenters. The molecule has 1 aromatic rings. The first kappa shape index (κ1) is 23.9. The number of benzene rings is 1. The number of unbranched alkanes of at least 4 members (excludes halogenated alkanes) is 1. The highest BCUT2D eigenvalue weighted by atomic mass is 16.5. The maximum absolute atomic E-state index is 13.3. The summed E-state index contributed by atoms with van der Waals surface area (Å²) in [6.45, 7) is 5.83. The Kier molecular flexibility index (Phi) is 7.26. The van der Waals surface area contributed by atoms with Gasteiger partial charge in [-0.25, -0.2) is 0 Å². The molecule has 182 valence electrons. The number of piperazine rings is 1. The quantitative estimate of drug-likeness (QED) is 0.339. The van der Waals surface area contributed by atoms with E-state index in [0.29, 0.717) is 57.0 Å². The van der Waals surface area contributed by atoms with Gasteiger partial charge >= 0.3 is 5.97 Å². The van der Waals surface area contributed by atoms with Crippen LogP contribution >= 0.6 is 0 Å². The second-order valence-corrected chi connectivity index (χ2v) is 8.80. The second-order valence-electron chi connectivity index (χ2n) is 8.80. The molecule has 0 radical (unpaired) electrons. The first-order chi connectivity index (χ1) is 16.4. The third kappa shape index (κ3) is 4.82. The lowest BCUT2D eigenvalue weighted by Gasteiger charge is -2.36. The number of amides is 4. The van der Waals surface area contributed by atoms with Gasteiger partial charge in [-0.3, -0.25) is 39.1 Å². The Balaban J connectivity index is 1.39. The summed E-state index contributed by atoms with van der Waals surface area (Å²) in [5, 5.41) is 2.22. The number of nitrogens with one attached hydrogen (secondary N) is 1. The number of hydrogen-bond acceptors (Lipinski definition) is 8. The average Bonchev–Trinajstić information content (AvgIpc) is 3.08. The summed E-state index contributed by atoms with van der Waals surface area (Å²) >= 11 is 0. The van der Waals surface area contributed by atoms with Crippen molar-refractivity contribution in [2.75, 3.05) is 44.2 Å². The van der Waals surface area contributed by atoms with Crippen molar-refractivity contribution in [3.8, 4) is 0 Å². The molecule has 3 aliphatic rings. The van der Waals surface area contributed by atoms with Crippen LogP contribution in [0.3, 0.4) is 0 Å². The fraction of sp³-hybridized carbons (Fsp3) is 0.542. The lowest BCUT2D eigenvalue weighted by atomic mass is 10.0. The first-order valence-electron chi connectivity index (χ1n) is 11.9. The smallest absolute Gasteiger partial charge is 0.307 e. The van der Waals surface area contributed by atoms with Gasteiger partial charge in [-0.05, 0) is 25.0 Å². The number of piperidine rings is 1. The minimum atomic E-state index is -0.980. The lowest BCUT2D eigenvalue weighted by molar-refractivity contribution is -0.144. The summed E-state index contributed by atoms with van der Waals surface area (Å²) in [7, 11) is 0. The van der Waals surface area contributed by atoms with Gasteiger partial charge in [0.2, 0.25) is 11.8 Å². The van der Waals surface area contributed by atoms with Crippen molar-refractivity contribution in [2.24, 2.45) is 0 Å². The molecule has 3 aliphatic heterocycles. The molecule has 4 amide bonds. The molecule has 34 heavy (non-hydrogen) atoms. The van der Waals surface area contributed by atoms with E-state index in [1.807, 2.05) is 13.0 Å². The van der Waals surface area contributed by atoms with Crippen LogP contribution in [0, 0.1) is 0 Å². The van der Waals surface area contributed by atoms with Crippen LogP contribution in [0.4, 0.5) is 5.69 Å². The van der Waals surface area contributed by atoms with Crippen LogP contribution in [0.25, 0.3) is 0 Å². The third-order valence-corrected chi connectivity index (χ3v) is 6.55. The molecule has 1 N–H and O–H groups in total. The predicted molar refractivity (Wildman–Crippen MR) is 122 cm³/mol. The van der Waals surface area contributed by atoms with Crippen LogP contribution in [0.1, 0.15) is 59.7 Å². The van der Waals surface area contributed by atoms with E-state index in [2.05, 4.69) is 15.1 Å². The molecule has 0 spiro atoms. The number of hydrogen-bond donors (Lipinski definition) is 1. The number of carbonyl (C=O) groups is 5. The van der Waals surface area contributed by atoms with E-state index in [0.717, 1.165) is 17.7 Å². The fourth-order valence-electron chi connectivity index (χ4n) is 4.62. The van der Waals surface area contributed by atoms with Crippen molar-refractivity contribution >= 4 is 35.3 Å². The SMILES string of the molecule is CCCCOC(=O)CCN1CCN(c2cccc3c2C(=O)N(C2CCC(=O)NC2=O)C3=O)CC1. The Morgan fingerprint density at radius 3 is 2.56 bits per heavy atom. The summed E-state index contributed by atoms with van der Waals surface area (Å²) in [6, 6.07) is 4.18. The highest BCUT2D eigenvalue weighted by Crippen LogP contribution is 2.34. The average molecular weight is 471 g/mol. The van der Waals surface area contributed by atoms with Gasteiger partial charge < -0.3 is 9.64 Å². The summed E-state index contributed by atoms with van der Waals surface area (Å²) in [6.07, 6.45) is 2.42. The minimum Gasteiger partial charge on any atom is -0.466 e. The zero-order valence-electron chi connectivity index (χ0n) is 19.4. The maximum atomic E-state index is 13.3. The highest BCUT2D eigenvalue weighted by Gasteiger charge is 2.46. The summed E-state index contributed by atoms with van der Waals surface area (Å²) in [5.41, 5.74) is 1.26. The molecular formula is C24H30N4O6. The Morgan fingerprint density at radius 1 is 1.09 bits per heavy atom. The van der Waals surface area contributed by atoms with Gasteiger partial charge in [0.05, 0.1) is 29.8 Å². The van der Waals surface area contributed by atoms with Crippen LogP contribution in [-0.4, -0.2) is 84.8 Å². The normalized spacial score (nSPS) is 21.0. The zero-order chi connectivity index (χ0) is 24.2. The van der Waals surface area contributed by atoms with E-state index in [-0.39, 0.29) is 24.4 Å². The van der Waals surface area contributed by atoms with Crippen LogP contribution < -0.4 is 10.2 Å². The Hall–Kier alpha value is -3.27. The molecule has 0 aromatic heterocycles. The molecule has 4 rings (SSSR count). The first-order valence-corrected chi connectivity index (χ1v) is 11.9. The van der Waals surface area contributed by atoms with Gasteiger partial charge in [-0.2, -0.15) is 0 Å². The van der Waals surface area contributed by atoms with Crippen molar-refractivity contribution in [1.29, 1.82) is 0 Å². The molecule has 2 fully saturated rings. The Labute approximate surface area is 198 Å². The van der Waals surface area contributed by atoms with Gasteiger partial charge in [0.1, 0.15) is 6.04 Å². The van der Waals surface area contributed by atoms with Gasteiger partial charge in [-0.15, -0.1) is 0 Å². The number of nitrogens with zero attached hydrogens (tertiary/aromatic N) is 3. The molecular weight excluding hydrogens is 440 g/mol. The predicted octanol–water partition coefficient (Wildman–Crippen LogP) is 0.943. The van der Waals surface area contributed by atoms with E-state index < -0.39 is 29.7 Å². The van der Waals surface area contributed by atoms with Crippen molar-refractivity contribution in [3.63, 3.8) is 0 Å². The van der Waals surface area contributed by atoms with Crippen molar-refractivity contribution < 1.29 is 28.7 Å². The Bertz CT molecular complexity index is 1000. The summed E-state index contributed by atoms with van der Waals surface area (Å²) < 4.78 is 5.21. The highest BCUT2D eigenvalue weighted by molar-refractivity contribution is 6.25. The van der Waals surface area contributed by atoms with E-state index >= 15 is 0 Å². The molecule has 1 aromatic carbocycles. The maximum Gasteiger partial charge on any atom is 0.307 e. The van der Waals surface area contributed by atoms with Gasteiger partial charge in [0.15, 0.2) is 0 Å². The minimum absolute atomic E-state index is 0.0881. The molecule has 0 bridgehead atoms. The van der Waals surface area contributed by atoms with E-state index in [1.165, 1.54) is 0 Å². The molecule has 0 aliphatic carbocycles. The lowest BCUT2D eigenvalue weighted by Crippen LogP contribution is -2.54. The number of imide groups is 2. The number of anilines is 1. The number of carbonyl (C=O) groups excluding carboxylic acids is 5. The second kappa shape index (κ2) is 10.3. The van der Waals surface area contributed by atoms with Gasteiger partial charge in [0, 0.05) is 39.1 Å². The monoisotopic (exact) mass is 470 g/mol. The van der Waals surface area contributed by atoms with Gasteiger partial charge in [0.25, 0.3) is 11.8 Å². The molecule has 1 unspecified atom stereocenters. The van der Waals surface area contributed by atoms with Crippen LogP contribution in [0.15, 0.2) is 18.2 Å². The van der Waals surface area contributed by atoms with Crippen molar-refractivity contribution in [3.05, 3.63) is 29.3 Å². The van der Waals surface area contributed by atoms with Crippen molar-refractivity contribution in [2.45, 2.75) is 45.1 Å². The molecule has 10 heteroatoms. The van der Waals surface area contributed by atoms with Crippen LogP contribution in [-0.2, 0) is 19.1 Å². The zero-order valence-corrected chi connectivity index (χ0v) is 19.4. The standard InChI is InChI=1S/C24H30N4O6/c1-2-3-15-34-20(30)9-10-26-11-13-27(14-12-26)17-6-4-5-16-21(17)24(33)28(23(16)32)18-7-8-19(29)25-22(18)31/h4-6,18H,2-3,7-15H2,1H3,(H,25,29,31). The number of rotatable bonds is 8. The summed E-state index contributed by atoms with van der Waals surface area (Å²) in [5.74, 6) is -2.20. The molecule has 3 heterocycles. The fourth-order valence-corrected chi connectivity index (χ4v) is 4.62. The van der Waals surface area contributed by atoms with E-state index in [9.17, 15) is 24.0 Å². The molecule has 0 saturated carbocycles.